The van der Waals surface area contributed by atoms with Gasteiger partial charge in [-0.05, 0) is 25.7 Å². The van der Waals surface area contributed by atoms with Crippen LogP contribution < -0.4 is 5.73 Å². The normalized spacial score (nSPS) is 19.8. The Kier molecular flexibility index (Phi) is 5.88. The monoisotopic (exact) mass is 222 g/mol. The van der Waals surface area contributed by atoms with Crippen LogP contribution in [0.3, 0.4) is 0 Å². The van der Waals surface area contributed by atoms with E-state index in [2.05, 4.69) is 4.74 Å². The second-order valence-electron chi connectivity index (χ2n) is 3.65. The third-order valence-electron chi connectivity index (χ3n) is 2.72. The highest BCUT2D eigenvalue weighted by Crippen LogP contribution is 2.19. The molecule has 0 spiro atoms. The predicted octanol–water partition coefficient (Wildman–Crippen LogP) is 1.23. The molecule has 2 N–H and O–H groups in total. The topological polar surface area (TPSA) is 55.6 Å². The largest absolute Gasteiger partial charge is 0.453 e. The number of ether oxygens (including phenoxy) is 1. The first-order chi connectivity index (χ1) is 6.15. The average Bonchev–Trinajstić information content (AvgIpc) is 2.17. The molecule has 1 saturated heterocycles. The van der Waals surface area contributed by atoms with E-state index in [0.717, 1.165) is 25.9 Å². The van der Waals surface area contributed by atoms with Gasteiger partial charge in [0.1, 0.15) is 0 Å². The lowest BCUT2D eigenvalue weighted by Crippen LogP contribution is -2.42. The molecule has 84 valence electrons. The van der Waals surface area contributed by atoms with Crippen molar-refractivity contribution in [3.8, 4) is 0 Å². The fraction of sp³-hybridized carbons (Fsp3) is 0.889. The molecule has 4 nitrogen and oxygen atoms in total. The molecule has 1 atom stereocenters. The van der Waals surface area contributed by atoms with E-state index >= 15 is 0 Å². The summed E-state index contributed by atoms with van der Waals surface area (Å²) in [6.45, 7) is 3.58. The Balaban J connectivity index is 0.00000169. The van der Waals surface area contributed by atoms with Gasteiger partial charge in [-0.1, -0.05) is 0 Å². The van der Waals surface area contributed by atoms with Gasteiger partial charge in [-0.3, -0.25) is 0 Å². The van der Waals surface area contributed by atoms with Gasteiger partial charge in [0, 0.05) is 19.1 Å². The maximum atomic E-state index is 11.1. The molecule has 1 rings (SSSR count). The van der Waals surface area contributed by atoms with Gasteiger partial charge in [0.15, 0.2) is 0 Å². The summed E-state index contributed by atoms with van der Waals surface area (Å²) in [5.41, 5.74) is 5.79. The second kappa shape index (κ2) is 6.09. The average molecular weight is 223 g/mol. The van der Waals surface area contributed by atoms with E-state index in [0.29, 0.717) is 5.92 Å². The summed E-state index contributed by atoms with van der Waals surface area (Å²) in [5, 5.41) is 0. The Labute approximate surface area is 91.2 Å². The van der Waals surface area contributed by atoms with Gasteiger partial charge >= 0.3 is 6.09 Å². The van der Waals surface area contributed by atoms with Gasteiger partial charge in [0.25, 0.3) is 0 Å². The zero-order valence-corrected chi connectivity index (χ0v) is 9.55. The molecular formula is C9H19ClN2O2. The van der Waals surface area contributed by atoms with Crippen LogP contribution in [0.15, 0.2) is 0 Å². The van der Waals surface area contributed by atoms with Crippen molar-refractivity contribution in [1.29, 1.82) is 0 Å². The summed E-state index contributed by atoms with van der Waals surface area (Å²) in [6.07, 6.45) is 1.77. The van der Waals surface area contributed by atoms with Crippen LogP contribution in [0.4, 0.5) is 4.79 Å². The van der Waals surface area contributed by atoms with E-state index in [9.17, 15) is 4.79 Å². The van der Waals surface area contributed by atoms with Crippen molar-refractivity contribution in [2.24, 2.45) is 11.7 Å². The van der Waals surface area contributed by atoms with Crippen LogP contribution in [0.25, 0.3) is 0 Å². The Hall–Kier alpha value is -0.480. The van der Waals surface area contributed by atoms with E-state index in [-0.39, 0.29) is 24.5 Å². The lowest BCUT2D eigenvalue weighted by molar-refractivity contribution is 0.103. The highest BCUT2D eigenvalue weighted by Gasteiger charge is 2.24. The minimum absolute atomic E-state index is 0. The molecule has 0 saturated carbocycles. The molecule has 0 aromatic rings. The molecule has 5 heteroatoms. The molecule has 1 unspecified atom stereocenters. The van der Waals surface area contributed by atoms with Crippen LogP contribution >= 0.6 is 12.4 Å². The van der Waals surface area contributed by atoms with Gasteiger partial charge in [0.05, 0.1) is 7.11 Å². The number of nitrogens with zero attached hydrogens (tertiary/aromatic N) is 1. The summed E-state index contributed by atoms with van der Waals surface area (Å²) >= 11 is 0. The lowest BCUT2D eigenvalue weighted by atomic mass is 9.91. The third kappa shape index (κ3) is 3.35. The minimum Gasteiger partial charge on any atom is -0.453 e. The number of methoxy groups -OCH3 is 1. The van der Waals surface area contributed by atoms with Crippen LogP contribution in [-0.2, 0) is 4.74 Å². The molecule has 0 radical (unpaired) electrons. The number of carbonyl (C=O) groups is 1. The fourth-order valence-corrected chi connectivity index (χ4v) is 1.74. The summed E-state index contributed by atoms with van der Waals surface area (Å²) in [4.78, 5) is 12.9. The molecule has 1 aliphatic heterocycles. The maximum Gasteiger partial charge on any atom is 0.409 e. The van der Waals surface area contributed by atoms with Crippen molar-refractivity contribution in [3.05, 3.63) is 0 Å². The molecule has 0 bridgehead atoms. The van der Waals surface area contributed by atoms with Crippen LogP contribution in [0, 0.1) is 5.92 Å². The van der Waals surface area contributed by atoms with Crippen molar-refractivity contribution in [2.75, 3.05) is 20.2 Å². The van der Waals surface area contributed by atoms with E-state index in [4.69, 9.17) is 5.73 Å². The van der Waals surface area contributed by atoms with Gasteiger partial charge in [-0.15, -0.1) is 12.4 Å². The van der Waals surface area contributed by atoms with Crippen LogP contribution in [-0.4, -0.2) is 37.2 Å². The second-order valence-corrected chi connectivity index (χ2v) is 3.65. The third-order valence-corrected chi connectivity index (χ3v) is 2.72. The first-order valence-corrected chi connectivity index (χ1v) is 4.73. The Morgan fingerprint density at radius 3 is 2.36 bits per heavy atom. The van der Waals surface area contributed by atoms with Gasteiger partial charge in [-0.2, -0.15) is 0 Å². The molecule has 0 aromatic heterocycles. The molecule has 1 fully saturated rings. The number of hydrogen-bond acceptors (Lipinski definition) is 3. The number of hydrogen-bond donors (Lipinski definition) is 1. The number of likely N-dealkylation sites (tertiary alicyclic amines) is 1. The Morgan fingerprint density at radius 2 is 2.00 bits per heavy atom. The maximum absolute atomic E-state index is 11.1. The summed E-state index contributed by atoms with van der Waals surface area (Å²) in [6, 6.07) is 0.236. The van der Waals surface area contributed by atoms with Crippen molar-refractivity contribution in [1.82, 2.24) is 4.90 Å². The summed E-state index contributed by atoms with van der Waals surface area (Å²) in [5.74, 6) is 0.556. The molecule has 0 aromatic carbocycles. The highest BCUT2D eigenvalue weighted by molar-refractivity contribution is 5.85. The number of halogens is 1. The fourth-order valence-electron chi connectivity index (χ4n) is 1.74. The number of amides is 1. The minimum atomic E-state index is -0.219. The standard InChI is InChI=1S/C9H18N2O2.ClH/c1-7(10)8-3-5-11(6-4-8)9(12)13-2;/h7-8H,3-6,10H2,1-2H3;1H. The van der Waals surface area contributed by atoms with E-state index in [1.807, 2.05) is 6.92 Å². The Morgan fingerprint density at radius 1 is 1.50 bits per heavy atom. The van der Waals surface area contributed by atoms with Gasteiger partial charge in [-0.25, -0.2) is 4.79 Å². The summed E-state index contributed by atoms with van der Waals surface area (Å²) < 4.78 is 4.64. The smallest absolute Gasteiger partial charge is 0.409 e. The van der Waals surface area contributed by atoms with E-state index < -0.39 is 0 Å². The molecule has 1 amide bonds. The summed E-state index contributed by atoms with van der Waals surface area (Å²) in [7, 11) is 1.42. The molecular weight excluding hydrogens is 204 g/mol. The van der Waals surface area contributed by atoms with Crippen molar-refractivity contribution < 1.29 is 9.53 Å². The highest BCUT2D eigenvalue weighted by atomic mass is 35.5. The lowest BCUT2D eigenvalue weighted by Gasteiger charge is -2.32. The van der Waals surface area contributed by atoms with E-state index in [1.54, 1.807) is 4.90 Å². The van der Waals surface area contributed by atoms with Gasteiger partial charge < -0.3 is 15.4 Å². The van der Waals surface area contributed by atoms with Gasteiger partial charge in [0.2, 0.25) is 0 Å². The molecule has 0 aliphatic carbocycles. The van der Waals surface area contributed by atoms with Crippen molar-refractivity contribution >= 4 is 18.5 Å². The number of rotatable bonds is 1. The van der Waals surface area contributed by atoms with Crippen LogP contribution in [0.1, 0.15) is 19.8 Å². The van der Waals surface area contributed by atoms with E-state index in [1.165, 1.54) is 7.11 Å². The van der Waals surface area contributed by atoms with Crippen molar-refractivity contribution in [3.63, 3.8) is 0 Å². The number of carbonyl (C=O) groups excluding carboxylic acids is 1. The molecule has 1 aliphatic rings. The van der Waals surface area contributed by atoms with Crippen molar-refractivity contribution in [2.45, 2.75) is 25.8 Å². The first kappa shape index (κ1) is 13.5. The van der Waals surface area contributed by atoms with Crippen LogP contribution in [0.2, 0.25) is 0 Å². The zero-order valence-electron chi connectivity index (χ0n) is 8.73. The first-order valence-electron chi connectivity index (χ1n) is 4.73. The quantitative estimate of drug-likeness (QED) is 0.726. The Bertz CT molecular complexity index is 180. The molecule has 14 heavy (non-hydrogen) atoms. The number of nitrogens with two attached hydrogens (primary N) is 1. The molecule has 1 heterocycles. The van der Waals surface area contributed by atoms with Crippen LogP contribution in [0.5, 0.6) is 0 Å². The predicted molar refractivity (Wildman–Crippen MR) is 57.6 cm³/mol. The number of piperidine rings is 1. The zero-order chi connectivity index (χ0) is 9.84. The SMILES string of the molecule is COC(=O)N1CCC(C(C)N)CC1.Cl.